The van der Waals surface area contributed by atoms with Gasteiger partial charge < -0.3 is 14.2 Å². The summed E-state index contributed by atoms with van der Waals surface area (Å²) in [7, 11) is 3.17. The third kappa shape index (κ3) is 4.61. The molecule has 1 saturated heterocycles. The van der Waals surface area contributed by atoms with Gasteiger partial charge in [0.25, 0.3) is 11.1 Å². The van der Waals surface area contributed by atoms with Crippen LogP contribution in [0.3, 0.4) is 0 Å². The lowest BCUT2D eigenvalue weighted by Gasteiger charge is -2.14. The number of nitrogens with zero attached hydrogens (tertiary/aromatic N) is 1. The number of para-hydroxylation sites is 2. The van der Waals surface area contributed by atoms with Crippen LogP contribution >= 0.6 is 34.4 Å². The van der Waals surface area contributed by atoms with E-state index in [9.17, 15) is 9.59 Å². The number of rotatable bonds is 7. The average molecular weight is 511 g/mol. The van der Waals surface area contributed by atoms with Gasteiger partial charge in [0.05, 0.1) is 29.2 Å². The number of carbonyl (C=O) groups excluding carboxylic acids is 2. The standard InChI is InChI=1S/C20H18INO5S/c1-25-15-8-7-13(11-14(15)21)12-18-19(23)22(20(24)28-18)9-10-27-17-6-4-3-5-16(17)26-2/h3-8,11-12H,9-10H2,1-2H3/b18-12-. The van der Waals surface area contributed by atoms with Crippen molar-refractivity contribution in [3.8, 4) is 17.2 Å². The van der Waals surface area contributed by atoms with Crippen LogP contribution in [-0.2, 0) is 4.79 Å². The molecule has 0 spiro atoms. The van der Waals surface area contributed by atoms with Gasteiger partial charge in [-0.1, -0.05) is 18.2 Å². The molecule has 2 aromatic rings. The maximum absolute atomic E-state index is 12.6. The molecule has 0 aromatic heterocycles. The zero-order valence-corrected chi connectivity index (χ0v) is 18.3. The van der Waals surface area contributed by atoms with Gasteiger partial charge in [-0.2, -0.15) is 0 Å². The first-order valence-corrected chi connectivity index (χ1v) is 10.3. The van der Waals surface area contributed by atoms with Gasteiger partial charge in [-0.05, 0) is 70.3 Å². The Morgan fingerprint density at radius 2 is 1.75 bits per heavy atom. The summed E-state index contributed by atoms with van der Waals surface area (Å²) in [5.41, 5.74) is 0.834. The molecule has 3 rings (SSSR count). The monoisotopic (exact) mass is 511 g/mol. The average Bonchev–Trinajstić information content (AvgIpc) is 2.96. The van der Waals surface area contributed by atoms with Crippen LogP contribution in [0.15, 0.2) is 47.4 Å². The molecule has 2 amide bonds. The van der Waals surface area contributed by atoms with E-state index in [-0.39, 0.29) is 24.3 Å². The first-order chi connectivity index (χ1) is 13.5. The van der Waals surface area contributed by atoms with Gasteiger partial charge in [0.1, 0.15) is 12.4 Å². The molecule has 0 N–H and O–H groups in total. The number of hydrogen-bond acceptors (Lipinski definition) is 6. The molecule has 0 radical (unpaired) electrons. The van der Waals surface area contributed by atoms with Crippen molar-refractivity contribution in [1.29, 1.82) is 0 Å². The highest BCUT2D eigenvalue weighted by molar-refractivity contribution is 14.1. The number of hydrogen-bond donors (Lipinski definition) is 0. The van der Waals surface area contributed by atoms with E-state index >= 15 is 0 Å². The third-order valence-corrected chi connectivity index (χ3v) is 5.74. The zero-order chi connectivity index (χ0) is 20.1. The number of imide groups is 1. The van der Waals surface area contributed by atoms with Gasteiger partial charge in [-0.25, -0.2) is 0 Å². The fraction of sp³-hybridized carbons (Fsp3) is 0.200. The Kier molecular flexibility index (Phi) is 6.84. The van der Waals surface area contributed by atoms with Crippen molar-refractivity contribution in [3.63, 3.8) is 0 Å². The van der Waals surface area contributed by atoms with Gasteiger partial charge in [0.2, 0.25) is 0 Å². The lowest BCUT2D eigenvalue weighted by Crippen LogP contribution is -2.32. The van der Waals surface area contributed by atoms with Crippen molar-refractivity contribution in [2.75, 3.05) is 27.4 Å². The van der Waals surface area contributed by atoms with E-state index in [1.165, 1.54) is 4.90 Å². The number of methoxy groups -OCH3 is 2. The molecule has 2 aromatic carbocycles. The summed E-state index contributed by atoms with van der Waals surface area (Å²) in [6, 6.07) is 12.8. The van der Waals surface area contributed by atoms with Crippen LogP contribution in [0.4, 0.5) is 4.79 Å². The minimum atomic E-state index is -0.315. The van der Waals surface area contributed by atoms with Crippen molar-refractivity contribution in [1.82, 2.24) is 4.90 Å². The van der Waals surface area contributed by atoms with Crippen LogP contribution in [0.5, 0.6) is 17.2 Å². The predicted octanol–water partition coefficient (Wildman–Crippen LogP) is 4.42. The van der Waals surface area contributed by atoms with Gasteiger partial charge in [-0.15, -0.1) is 0 Å². The highest BCUT2D eigenvalue weighted by Crippen LogP contribution is 2.33. The van der Waals surface area contributed by atoms with Crippen LogP contribution in [0, 0.1) is 3.57 Å². The van der Waals surface area contributed by atoms with E-state index < -0.39 is 0 Å². The summed E-state index contributed by atoms with van der Waals surface area (Å²) >= 11 is 3.10. The van der Waals surface area contributed by atoms with Crippen LogP contribution in [-0.4, -0.2) is 43.4 Å². The molecule has 1 aliphatic heterocycles. The highest BCUT2D eigenvalue weighted by atomic mass is 127. The Morgan fingerprint density at radius 3 is 2.43 bits per heavy atom. The largest absolute Gasteiger partial charge is 0.496 e. The number of benzene rings is 2. The van der Waals surface area contributed by atoms with Gasteiger partial charge in [0, 0.05) is 0 Å². The summed E-state index contributed by atoms with van der Waals surface area (Å²) in [4.78, 5) is 26.4. The maximum atomic E-state index is 12.6. The number of amides is 2. The molecule has 1 heterocycles. The Bertz CT molecular complexity index is 931. The number of thioether (sulfide) groups is 1. The Labute approximate surface area is 181 Å². The quantitative estimate of drug-likeness (QED) is 0.405. The number of carbonyl (C=O) groups is 2. The molecule has 8 heteroatoms. The van der Waals surface area contributed by atoms with E-state index in [0.717, 1.165) is 26.6 Å². The lowest BCUT2D eigenvalue weighted by atomic mass is 10.2. The second-order valence-corrected chi connectivity index (χ2v) is 7.88. The maximum Gasteiger partial charge on any atom is 0.293 e. The smallest absolute Gasteiger partial charge is 0.293 e. The van der Waals surface area contributed by atoms with Crippen molar-refractivity contribution in [3.05, 3.63) is 56.5 Å². The molecular formula is C20H18INO5S. The fourth-order valence-electron chi connectivity index (χ4n) is 2.60. The molecule has 0 atom stereocenters. The first kappa shape index (κ1) is 20.5. The van der Waals surface area contributed by atoms with Crippen molar-refractivity contribution in [2.24, 2.45) is 0 Å². The molecule has 0 unspecified atom stereocenters. The topological polar surface area (TPSA) is 65.1 Å². The first-order valence-electron chi connectivity index (χ1n) is 8.38. The molecule has 1 aliphatic rings. The molecule has 1 fully saturated rings. The summed E-state index contributed by atoms with van der Waals surface area (Å²) in [5, 5.41) is -0.303. The summed E-state index contributed by atoms with van der Waals surface area (Å²) < 4.78 is 17.1. The van der Waals surface area contributed by atoms with Crippen molar-refractivity contribution in [2.45, 2.75) is 0 Å². The van der Waals surface area contributed by atoms with Gasteiger partial charge >= 0.3 is 0 Å². The molecule has 0 bridgehead atoms. The Hall–Kier alpha value is -2.20. The second kappa shape index (κ2) is 9.33. The van der Waals surface area contributed by atoms with Crippen molar-refractivity contribution >= 4 is 51.6 Å². The number of ether oxygens (including phenoxy) is 3. The van der Waals surface area contributed by atoms with E-state index in [2.05, 4.69) is 22.6 Å². The van der Waals surface area contributed by atoms with Crippen LogP contribution in [0.2, 0.25) is 0 Å². The molecule has 0 aliphatic carbocycles. The normalized spacial score (nSPS) is 15.2. The van der Waals surface area contributed by atoms with E-state index in [1.54, 1.807) is 32.4 Å². The third-order valence-electron chi connectivity index (χ3n) is 3.99. The highest BCUT2D eigenvalue weighted by Gasteiger charge is 2.34. The lowest BCUT2D eigenvalue weighted by molar-refractivity contribution is -0.123. The zero-order valence-electron chi connectivity index (χ0n) is 15.3. The Morgan fingerprint density at radius 1 is 1.04 bits per heavy atom. The summed E-state index contributed by atoms with van der Waals surface area (Å²) in [6.07, 6.45) is 1.72. The predicted molar refractivity (Wildman–Crippen MR) is 117 cm³/mol. The summed E-state index contributed by atoms with van der Waals surface area (Å²) in [5.74, 6) is 1.62. The molecular weight excluding hydrogens is 493 g/mol. The minimum Gasteiger partial charge on any atom is -0.496 e. The minimum absolute atomic E-state index is 0.167. The molecule has 0 saturated carbocycles. The van der Waals surface area contributed by atoms with Crippen LogP contribution in [0.1, 0.15) is 5.56 Å². The van der Waals surface area contributed by atoms with E-state index in [4.69, 9.17) is 14.2 Å². The molecule has 28 heavy (non-hydrogen) atoms. The van der Waals surface area contributed by atoms with Crippen LogP contribution in [0.25, 0.3) is 6.08 Å². The van der Waals surface area contributed by atoms with Crippen LogP contribution < -0.4 is 14.2 Å². The number of halogens is 1. The fourth-order valence-corrected chi connectivity index (χ4v) is 4.23. The van der Waals surface area contributed by atoms with Crippen molar-refractivity contribution < 1.29 is 23.8 Å². The SMILES string of the molecule is COc1ccc(/C=C2\SC(=O)N(CCOc3ccccc3OC)C2=O)cc1I. The van der Waals surface area contributed by atoms with Gasteiger partial charge in [0.15, 0.2) is 11.5 Å². The van der Waals surface area contributed by atoms with E-state index in [1.807, 2.05) is 30.3 Å². The summed E-state index contributed by atoms with van der Waals surface area (Å²) in [6.45, 7) is 0.354. The van der Waals surface area contributed by atoms with Gasteiger partial charge in [-0.3, -0.25) is 14.5 Å². The molecule has 146 valence electrons. The molecule has 6 nitrogen and oxygen atoms in total. The second-order valence-electron chi connectivity index (χ2n) is 5.73. The van der Waals surface area contributed by atoms with E-state index in [0.29, 0.717) is 16.4 Å². The Balaban J connectivity index is 1.65.